The Balaban J connectivity index is 1.53. The van der Waals surface area contributed by atoms with E-state index < -0.39 is 11.8 Å². The zero-order valence-electron chi connectivity index (χ0n) is 13.0. The smallest absolute Gasteiger partial charge is 0.313 e. The van der Waals surface area contributed by atoms with Crippen LogP contribution in [0.3, 0.4) is 0 Å². The molecule has 3 aromatic rings. The van der Waals surface area contributed by atoms with E-state index in [0.717, 1.165) is 5.39 Å². The van der Waals surface area contributed by atoms with Crippen molar-refractivity contribution in [3.63, 3.8) is 0 Å². The molecule has 0 saturated carbocycles. The number of carbonyl (C=O) groups excluding carboxylic acids is 2. The second-order valence-corrected chi connectivity index (χ2v) is 5.21. The van der Waals surface area contributed by atoms with E-state index in [4.69, 9.17) is 0 Å². The van der Waals surface area contributed by atoms with Crippen molar-refractivity contribution in [2.24, 2.45) is 0 Å². The molecule has 2 heterocycles. The van der Waals surface area contributed by atoms with Gasteiger partial charge < -0.3 is 10.6 Å². The molecule has 0 fully saturated rings. The van der Waals surface area contributed by atoms with Crippen molar-refractivity contribution in [2.45, 2.75) is 13.0 Å². The predicted octanol–water partition coefficient (Wildman–Crippen LogP) is 1.58. The molecule has 0 aliphatic heterocycles. The van der Waals surface area contributed by atoms with Gasteiger partial charge in [-0.1, -0.05) is 18.2 Å². The fourth-order valence-electron chi connectivity index (χ4n) is 2.34. The maximum atomic E-state index is 12.0. The van der Waals surface area contributed by atoms with Gasteiger partial charge in [-0.05, 0) is 24.6 Å². The number of hydrogen-bond donors (Lipinski definition) is 2. The van der Waals surface area contributed by atoms with Crippen LogP contribution in [0.25, 0.3) is 10.9 Å². The number of pyridine rings is 1. The van der Waals surface area contributed by atoms with Crippen molar-refractivity contribution in [1.29, 1.82) is 0 Å². The molecule has 0 saturated heterocycles. The molecular weight excluding hydrogens is 306 g/mol. The highest BCUT2D eigenvalue weighted by molar-refractivity contribution is 6.40. The Morgan fingerprint density at radius 2 is 1.92 bits per heavy atom. The molecule has 122 valence electrons. The number of anilines is 1. The van der Waals surface area contributed by atoms with Crippen LogP contribution in [-0.2, 0) is 16.1 Å². The Bertz CT molecular complexity index is 840. The van der Waals surface area contributed by atoms with E-state index >= 15 is 0 Å². The summed E-state index contributed by atoms with van der Waals surface area (Å²) in [5, 5.41) is 10.2. The minimum atomic E-state index is -0.702. The summed E-state index contributed by atoms with van der Waals surface area (Å²) in [5.41, 5.74) is 1.17. The average Bonchev–Trinajstić information content (AvgIpc) is 3.12. The zero-order valence-corrected chi connectivity index (χ0v) is 13.0. The first-order valence-electron chi connectivity index (χ1n) is 7.64. The Kier molecular flexibility index (Phi) is 4.81. The minimum absolute atomic E-state index is 0.403. The highest BCUT2D eigenvalue weighted by atomic mass is 16.2. The molecule has 0 unspecified atom stereocenters. The molecule has 2 amide bonds. The van der Waals surface area contributed by atoms with Gasteiger partial charge in [0.15, 0.2) is 0 Å². The molecule has 2 aromatic heterocycles. The van der Waals surface area contributed by atoms with Gasteiger partial charge in [0.25, 0.3) is 0 Å². The van der Waals surface area contributed by atoms with Crippen LogP contribution < -0.4 is 10.6 Å². The number of carbonyl (C=O) groups is 2. The molecule has 1 aromatic carbocycles. The Labute approximate surface area is 138 Å². The van der Waals surface area contributed by atoms with Crippen LogP contribution in [0.15, 0.2) is 55.0 Å². The summed E-state index contributed by atoms with van der Waals surface area (Å²) in [6.45, 7) is 1.09. The molecule has 0 aliphatic carbocycles. The Hall–Kier alpha value is -3.22. The number of fused-ring (bicyclic) bond motifs is 1. The van der Waals surface area contributed by atoms with Crippen LogP contribution in [0.5, 0.6) is 0 Å². The van der Waals surface area contributed by atoms with E-state index in [-0.39, 0.29) is 0 Å². The topological polar surface area (TPSA) is 88.9 Å². The number of amides is 2. The van der Waals surface area contributed by atoms with Gasteiger partial charge in [-0.25, -0.2) is 0 Å². The first kappa shape index (κ1) is 15.7. The summed E-state index contributed by atoms with van der Waals surface area (Å²) in [6, 6.07) is 11.0. The van der Waals surface area contributed by atoms with Gasteiger partial charge in [0.05, 0.1) is 11.2 Å². The van der Waals surface area contributed by atoms with Gasteiger partial charge in [0.1, 0.15) is 0 Å². The molecular formula is C17H17N5O2. The monoisotopic (exact) mass is 323 g/mol. The maximum Gasteiger partial charge on any atom is 0.313 e. The molecule has 0 spiro atoms. The summed E-state index contributed by atoms with van der Waals surface area (Å²) in [6.07, 6.45) is 5.89. The van der Waals surface area contributed by atoms with Crippen LogP contribution in [-0.4, -0.2) is 33.1 Å². The normalized spacial score (nSPS) is 10.5. The first-order chi connectivity index (χ1) is 11.7. The van der Waals surface area contributed by atoms with E-state index in [1.807, 2.05) is 36.5 Å². The fraction of sp³-hybridized carbons (Fsp3) is 0.176. The standard InChI is InChI=1S/C17H17N5O2/c23-16(19-9-3-11-22-12-4-10-20-22)17(24)21-14-7-1-5-13-6-2-8-18-15(13)14/h1-2,4-8,10,12H,3,9,11H2,(H,19,23)(H,21,24). The first-order valence-corrected chi connectivity index (χ1v) is 7.64. The van der Waals surface area contributed by atoms with Gasteiger partial charge in [0, 0.05) is 37.1 Å². The van der Waals surface area contributed by atoms with Crippen molar-refractivity contribution in [2.75, 3.05) is 11.9 Å². The summed E-state index contributed by atoms with van der Waals surface area (Å²) in [5.74, 6) is -1.37. The lowest BCUT2D eigenvalue weighted by Gasteiger charge is -2.08. The van der Waals surface area contributed by atoms with Crippen LogP contribution in [0.4, 0.5) is 5.69 Å². The predicted molar refractivity (Wildman–Crippen MR) is 90.2 cm³/mol. The lowest BCUT2D eigenvalue weighted by molar-refractivity contribution is -0.136. The summed E-state index contributed by atoms with van der Waals surface area (Å²) >= 11 is 0. The number of nitrogens with zero attached hydrogens (tertiary/aromatic N) is 3. The van der Waals surface area contributed by atoms with E-state index in [2.05, 4.69) is 20.7 Å². The van der Waals surface area contributed by atoms with Crippen molar-refractivity contribution < 1.29 is 9.59 Å². The molecule has 0 atom stereocenters. The number of rotatable bonds is 5. The minimum Gasteiger partial charge on any atom is -0.348 e. The zero-order chi connectivity index (χ0) is 16.8. The van der Waals surface area contributed by atoms with Gasteiger partial charge in [-0.15, -0.1) is 0 Å². The van der Waals surface area contributed by atoms with Crippen molar-refractivity contribution in [3.8, 4) is 0 Å². The van der Waals surface area contributed by atoms with E-state index in [1.165, 1.54) is 0 Å². The molecule has 24 heavy (non-hydrogen) atoms. The third-order valence-corrected chi connectivity index (χ3v) is 3.50. The Morgan fingerprint density at radius 1 is 1.04 bits per heavy atom. The molecule has 3 rings (SSSR count). The lowest BCUT2D eigenvalue weighted by Crippen LogP contribution is -2.36. The average molecular weight is 323 g/mol. The van der Waals surface area contributed by atoms with Crippen molar-refractivity contribution in [3.05, 3.63) is 55.0 Å². The van der Waals surface area contributed by atoms with Crippen molar-refractivity contribution in [1.82, 2.24) is 20.1 Å². The molecule has 7 nitrogen and oxygen atoms in total. The highest BCUT2D eigenvalue weighted by Crippen LogP contribution is 2.20. The third-order valence-electron chi connectivity index (χ3n) is 3.50. The second kappa shape index (κ2) is 7.36. The maximum absolute atomic E-state index is 12.0. The third kappa shape index (κ3) is 3.75. The highest BCUT2D eigenvalue weighted by Gasteiger charge is 2.14. The quantitative estimate of drug-likeness (QED) is 0.551. The summed E-state index contributed by atoms with van der Waals surface area (Å²) < 4.78 is 1.77. The SMILES string of the molecule is O=C(NCCCn1cccn1)C(=O)Nc1cccc2cccnc12. The largest absolute Gasteiger partial charge is 0.348 e. The lowest BCUT2D eigenvalue weighted by atomic mass is 10.2. The van der Waals surface area contributed by atoms with Crippen LogP contribution >= 0.6 is 0 Å². The molecule has 0 radical (unpaired) electrons. The molecule has 7 heteroatoms. The summed E-state index contributed by atoms with van der Waals surface area (Å²) in [4.78, 5) is 28.1. The van der Waals surface area contributed by atoms with Gasteiger partial charge in [0.2, 0.25) is 0 Å². The van der Waals surface area contributed by atoms with Crippen LogP contribution in [0.1, 0.15) is 6.42 Å². The van der Waals surface area contributed by atoms with Gasteiger partial charge in [-0.2, -0.15) is 5.10 Å². The number of hydrogen-bond acceptors (Lipinski definition) is 4. The van der Waals surface area contributed by atoms with Crippen molar-refractivity contribution >= 4 is 28.4 Å². The number of aryl methyl sites for hydroxylation is 1. The fourth-order valence-corrected chi connectivity index (χ4v) is 2.34. The van der Waals surface area contributed by atoms with E-state index in [0.29, 0.717) is 30.7 Å². The van der Waals surface area contributed by atoms with E-state index in [9.17, 15) is 9.59 Å². The number of nitrogens with one attached hydrogen (secondary N) is 2. The van der Waals surface area contributed by atoms with Crippen LogP contribution in [0, 0.1) is 0 Å². The second-order valence-electron chi connectivity index (χ2n) is 5.21. The van der Waals surface area contributed by atoms with Gasteiger partial charge in [-0.3, -0.25) is 19.3 Å². The molecule has 0 aliphatic rings. The van der Waals surface area contributed by atoms with Crippen LogP contribution in [0.2, 0.25) is 0 Å². The Morgan fingerprint density at radius 3 is 2.75 bits per heavy atom. The summed E-state index contributed by atoms with van der Waals surface area (Å²) in [7, 11) is 0. The number of benzene rings is 1. The molecule has 2 N–H and O–H groups in total. The van der Waals surface area contributed by atoms with E-state index in [1.54, 1.807) is 23.1 Å². The van der Waals surface area contributed by atoms with Gasteiger partial charge >= 0.3 is 11.8 Å². The molecule has 0 bridgehead atoms. The number of aromatic nitrogens is 3. The number of para-hydroxylation sites is 1.